The summed E-state index contributed by atoms with van der Waals surface area (Å²) in [5.74, 6) is -0.681. The molecule has 2 atom stereocenters. The van der Waals surface area contributed by atoms with Crippen molar-refractivity contribution in [1.82, 2.24) is 10.2 Å². The number of rotatable bonds is 7. The predicted octanol–water partition coefficient (Wildman–Crippen LogP) is 2.62. The Morgan fingerprint density at radius 1 is 1.28 bits per heavy atom. The van der Waals surface area contributed by atoms with Crippen LogP contribution in [0, 0.1) is 10.1 Å². The van der Waals surface area contributed by atoms with Gasteiger partial charge in [0.05, 0.1) is 11.3 Å². The Labute approximate surface area is 191 Å². The molecule has 0 radical (unpaired) electrons. The zero-order valence-electron chi connectivity index (χ0n) is 17.0. The molecule has 2 amide bonds. The maximum atomic E-state index is 12.8. The minimum atomic E-state index is -0.682. The van der Waals surface area contributed by atoms with E-state index in [1.807, 2.05) is 17.5 Å². The minimum Gasteiger partial charge on any atom is -0.456 e. The number of nitrogens with one attached hydrogen (secondary N) is 1. The molecule has 0 bridgehead atoms. The Morgan fingerprint density at radius 3 is 2.69 bits per heavy atom. The number of nitrogens with zero attached hydrogens (tertiary/aromatic N) is 2. The predicted molar refractivity (Wildman–Crippen MR) is 119 cm³/mol. The number of hydrogen-bond donors (Lipinski definition) is 1. The monoisotopic (exact) mass is 473 g/mol. The molecule has 32 heavy (non-hydrogen) atoms. The lowest BCUT2D eigenvalue weighted by atomic mass is 10.0. The fourth-order valence-corrected chi connectivity index (χ4v) is 5.49. The normalized spacial score (nSPS) is 19.8. The molecule has 1 aromatic heterocycles. The molecule has 2 aromatic rings. The van der Waals surface area contributed by atoms with Gasteiger partial charge in [-0.25, -0.2) is 4.79 Å². The van der Waals surface area contributed by atoms with Gasteiger partial charge in [0.2, 0.25) is 5.91 Å². The number of nitro groups is 1. The van der Waals surface area contributed by atoms with Crippen LogP contribution in [0.1, 0.15) is 17.4 Å². The van der Waals surface area contributed by atoms with Crippen molar-refractivity contribution in [3.05, 3.63) is 73.6 Å². The third-order valence-electron chi connectivity index (χ3n) is 5.10. The lowest BCUT2D eigenvalue weighted by Crippen LogP contribution is -2.70. The van der Waals surface area contributed by atoms with E-state index in [1.165, 1.54) is 52.3 Å². The lowest BCUT2D eigenvalue weighted by Gasteiger charge is -2.49. The fraction of sp³-hybridized carbons (Fsp3) is 0.286. The van der Waals surface area contributed by atoms with E-state index >= 15 is 0 Å². The van der Waals surface area contributed by atoms with E-state index in [2.05, 4.69) is 5.32 Å². The largest absolute Gasteiger partial charge is 0.456 e. The van der Waals surface area contributed by atoms with Crippen molar-refractivity contribution in [2.45, 2.75) is 31.4 Å². The number of β-lactam (4-membered cyclic amide) rings is 1. The SMILES string of the molecule is CC1=C(C(=O)OCc2ccc([N+](=O)[O-])cc2)N2C(=O)C(NC(=O)Cc3cccs3)[C@H]2SC1. The number of non-ortho nitro benzene ring substituents is 1. The number of fused-ring (bicyclic) bond motifs is 1. The molecule has 0 saturated carbocycles. The molecule has 1 N–H and O–H groups in total. The highest BCUT2D eigenvalue weighted by Crippen LogP contribution is 2.40. The third-order valence-corrected chi connectivity index (χ3v) is 7.40. The standard InChI is InChI=1S/C21H19N3O6S2/c1-12-11-32-20-17(22-16(25)9-15-3-2-8-31-15)19(26)23(20)18(12)21(27)30-10-13-4-6-14(7-5-13)24(28)29/h2-8,17,20H,9-11H2,1H3,(H,22,25)/t17?,20-/m1/s1. The summed E-state index contributed by atoms with van der Waals surface area (Å²) in [5.41, 5.74) is 1.46. The van der Waals surface area contributed by atoms with Crippen LogP contribution in [0.5, 0.6) is 0 Å². The van der Waals surface area contributed by atoms with Crippen LogP contribution >= 0.6 is 23.1 Å². The van der Waals surface area contributed by atoms with Gasteiger partial charge in [-0.1, -0.05) is 6.07 Å². The van der Waals surface area contributed by atoms with E-state index < -0.39 is 16.9 Å². The van der Waals surface area contributed by atoms with E-state index in [9.17, 15) is 24.5 Å². The van der Waals surface area contributed by atoms with Gasteiger partial charge in [-0.15, -0.1) is 23.1 Å². The molecule has 2 aliphatic heterocycles. The number of benzene rings is 1. The van der Waals surface area contributed by atoms with Crippen molar-refractivity contribution in [2.24, 2.45) is 0 Å². The second kappa shape index (κ2) is 9.13. The Kier molecular flexibility index (Phi) is 6.28. The van der Waals surface area contributed by atoms with Gasteiger partial charge in [-0.05, 0) is 41.6 Å². The fourth-order valence-electron chi connectivity index (χ4n) is 3.49. The number of thioether (sulfide) groups is 1. The van der Waals surface area contributed by atoms with Crippen LogP contribution in [0.2, 0.25) is 0 Å². The molecule has 166 valence electrons. The summed E-state index contributed by atoms with van der Waals surface area (Å²) in [6.07, 6.45) is 0.206. The molecular weight excluding hydrogens is 454 g/mol. The average molecular weight is 474 g/mol. The highest BCUT2D eigenvalue weighted by Gasteiger charge is 2.53. The first kappa shape index (κ1) is 22.0. The summed E-state index contributed by atoms with van der Waals surface area (Å²) in [7, 11) is 0. The van der Waals surface area contributed by atoms with Crippen LogP contribution in [-0.2, 0) is 32.1 Å². The van der Waals surface area contributed by atoms with Gasteiger partial charge in [0.25, 0.3) is 11.6 Å². The minimum absolute atomic E-state index is 0.0517. The average Bonchev–Trinajstić information content (AvgIpc) is 3.28. The molecule has 0 aliphatic carbocycles. The molecule has 0 spiro atoms. The van der Waals surface area contributed by atoms with Gasteiger partial charge in [-0.2, -0.15) is 0 Å². The zero-order chi connectivity index (χ0) is 22.8. The molecule has 3 heterocycles. The number of esters is 1. The highest BCUT2D eigenvalue weighted by molar-refractivity contribution is 8.00. The van der Waals surface area contributed by atoms with Gasteiger partial charge >= 0.3 is 5.97 Å². The smallest absolute Gasteiger partial charge is 0.355 e. The lowest BCUT2D eigenvalue weighted by molar-refractivity contribution is -0.384. The number of amides is 2. The topological polar surface area (TPSA) is 119 Å². The molecule has 1 fully saturated rings. The number of carbonyl (C=O) groups excluding carboxylic acids is 3. The number of nitro benzene ring substituents is 1. The highest BCUT2D eigenvalue weighted by atomic mass is 32.2. The van der Waals surface area contributed by atoms with E-state index in [1.54, 1.807) is 6.92 Å². The number of ether oxygens (including phenoxy) is 1. The van der Waals surface area contributed by atoms with Crippen molar-refractivity contribution < 1.29 is 24.0 Å². The summed E-state index contributed by atoms with van der Waals surface area (Å²) in [6, 6.07) is 8.74. The van der Waals surface area contributed by atoms with E-state index in [-0.39, 0.29) is 41.6 Å². The van der Waals surface area contributed by atoms with Crippen LogP contribution in [0.25, 0.3) is 0 Å². The summed E-state index contributed by atoms with van der Waals surface area (Å²) in [5, 5.41) is 15.0. The molecule has 1 saturated heterocycles. The number of hydrogen-bond acceptors (Lipinski definition) is 8. The first-order valence-electron chi connectivity index (χ1n) is 9.72. The number of thiophene rings is 1. The molecule has 11 heteroatoms. The van der Waals surface area contributed by atoms with Crippen LogP contribution < -0.4 is 5.32 Å². The van der Waals surface area contributed by atoms with Crippen molar-refractivity contribution >= 4 is 46.6 Å². The second-order valence-corrected chi connectivity index (χ2v) is 9.48. The van der Waals surface area contributed by atoms with Crippen molar-refractivity contribution in [3.63, 3.8) is 0 Å². The van der Waals surface area contributed by atoms with Gasteiger partial charge in [0, 0.05) is 22.8 Å². The zero-order valence-corrected chi connectivity index (χ0v) is 18.6. The molecule has 1 aromatic carbocycles. The Balaban J connectivity index is 1.38. The summed E-state index contributed by atoms with van der Waals surface area (Å²) < 4.78 is 5.37. The molecule has 4 rings (SSSR count). The van der Waals surface area contributed by atoms with Gasteiger partial charge in [0.15, 0.2) is 0 Å². The molecule has 2 aliphatic rings. The number of carbonyl (C=O) groups is 3. The van der Waals surface area contributed by atoms with Gasteiger partial charge in [0.1, 0.15) is 23.7 Å². The Morgan fingerprint density at radius 2 is 2.03 bits per heavy atom. The quantitative estimate of drug-likeness (QED) is 0.284. The van der Waals surface area contributed by atoms with E-state index in [0.29, 0.717) is 11.3 Å². The van der Waals surface area contributed by atoms with Crippen LogP contribution in [0.4, 0.5) is 5.69 Å². The summed E-state index contributed by atoms with van der Waals surface area (Å²) in [4.78, 5) is 50.4. The van der Waals surface area contributed by atoms with Crippen LogP contribution in [0.15, 0.2) is 53.0 Å². The van der Waals surface area contributed by atoms with Crippen molar-refractivity contribution in [3.8, 4) is 0 Å². The van der Waals surface area contributed by atoms with E-state index in [0.717, 1.165) is 10.5 Å². The maximum Gasteiger partial charge on any atom is 0.355 e. The summed E-state index contributed by atoms with van der Waals surface area (Å²) >= 11 is 2.96. The van der Waals surface area contributed by atoms with E-state index in [4.69, 9.17) is 4.74 Å². The van der Waals surface area contributed by atoms with Gasteiger partial charge < -0.3 is 10.1 Å². The van der Waals surface area contributed by atoms with Crippen LogP contribution in [0.3, 0.4) is 0 Å². The van der Waals surface area contributed by atoms with Gasteiger partial charge in [-0.3, -0.25) is 24.6 Å². The third kappa shape index (κ3) is 4.39. The molecular formula is C21H19N3O6S2. The van der Waals surface area contributed by atoms with Crippen molar-refractivity contribution in [1.29, 1.82) is 0 Å². The Bertz CT molecular complexity index is 1100. The first-order chi connectivity index (χ1) is 15.3. The molecule has 9 nitrogen and oxygen atoms in total. The van der Waals surface area contributed by atoms with Crippen LogP contribution in [-0.4, -0.2) is 44.8 Å². The Hall–Kier alpha value is -3.18. The second-order valence-electron chi connectivity index (χ2n) is 7.34. The maximum absolute atomic E-state index is 12.8. The molecule has 1 unspecified atom stereocenters. The first-order valence-corrected chi connectivity index (χ1v) is 11.6. The summed E-state index contributed by atoms with van der Waals surface area (Å²) in [6.45, 7) is 1.69. The van der Waals surface area contributed by atoms with Crippen molar-refractivity contribution in [2.75, 3.05) is 5.75 Å².